The number of hydrogen-bond donors (Lipinski definition) is 2. The summed E-state index contributed by atoms with van der Waals surface area (Å²) < 4.78 is 13.4. The van der Waals surface area contributed by atoms with Gasteiger partial charge in [0.1, 0.15) is 11.6 Å². The van der Waals surface area contributed by atoms with Crippen molar-refractivity contribution in [3.8, 4) is 11.4 Å². The molecule has 0 aliphatic heterocycles. The van der Waals surface area contributed by atoms with Gasteiger partial charge < -0.3 is 5.43 Å². The summed E-state index contributed by atoms with van der Waals surface area (Å²) in [6, 6.07) is 4.19. The van der Waals surface area contributed by atoms with E-state index in [-0.39, 0.29) is 0 Å². The second-order valence-electron chi connectivity index (χ2n) is 4.12. The molecule has 0 radical (unpaired) electrons. The Morgan fingerprint density at radius 1 is 1.32 bits per heavy atom. The molecule has 0 aliphatic carbocycles. The highest BCUT2D eigenvalue weighted by Crippen LogP contribution is 2.25. The Balaban J connectivity index is 2.59. The smallest absolute Gasteiger partial charge is 0.161 e. The fourth-order valence-corrected chi connectivity index (χ4v) is 2.17. The standard InChI is InChI=1S/C13H14ClFN4/c1-3-11-7(2)17-12(18-13(11)19-16)8-4-9(14)6-10(15)5-8/h4-6H,3,16H2,1-2H3,(H,17,18,19). The van der Waals surface area contributed by atoms with Gasteiger partial charge in [-0.1, -0.05) is 18.5 Å². The first kappa shape index (κ1) is 13.7. The second kappa shape index (κ2) is 5.50. The van der Waals surface area contributed by atoms with Gasteiger partial charge in [0.25, 0.3) is 0 Å². The van der Waals surface area contributed by atoms with Gasteiger partial charge in [-0.2, -0.15) is 0 Å². The number of aryl methyl sites for hydroxylation is 1. The molecule has 0 saturated heterocycles. The number of nitrogens with two attached hydrogens (primary N) is 1. The van der Waals surface area contributed by atoms with Crippen molar-refractivity contribution in [2.45, 2.75) is 20.3 Å². The van der Waals surface area contributed by atoms with Gasteiger partial charge in [-0.05, 0) is 31.5 Å². The molecule has 1 aromatic heterocycles. The molecule has 19 heavy (non-hydrogen) atoms. The Labute approximate surface area is 115 Å². The van der Waals surface area contributed by atoms with Crippen LogP contribution in [0.5, 0.6) is 0 Å². The Bertz CT molecular complexity index is 596. The van der Waals surface area contributed by atoms with Gasteiger partial charge in [0, 0.05) is 21.8 Å². The van der Waals surface area contributed by atoms with Crippen LogP contribution in [0, 0.1) is 12.7 Å². The molecule has 0 fully saturated rings. The Kier molecular flexibility index (Phi) is 3.97. The summed E-state index contributed by atoms with van der Waals surface area (Å²) >= 11 is 5.84. The van der Waals surface area contributed by atoms with Crippen LogP contribution in [0.3, 0.4) is 0 Å². The molecule has 0 unspecified atom stereocenters. The lowest BCUT2D eigenvalue weighted by atomic mass is 10.1. The molecule has 0 bridgehead atoms. The Morgan fingerprint density at radius 2 is 2.05 bits per heavy atom. The van der Waals surface area contributed by atoms with E-state index >= 15 is 0 Å². The third-order valence-electron chi connectivity index (χ3n) is 2.82. The van der Waals surface area contributed by atoms with E-state index in [9.17, 15) is 4.39 Å². The largest absolute Gasteiger partial charge is 0.308 e. The molecule has 2 aromatic rings. The normalized spacial score (nSPS) is 10.6. The maximum absolute atomic E-state index is 13.4. The monoisotopic (exact) mass is 280 g/mol. The zero-order valence-corrected chi connectivity index (χ0v) is 11.4. The summed E-state index contributed by atoms with van der Waals surface area (Å²) in [4.78, 5) is 8.68. The number of nitrogens with one attached hydrogen (secondary N) is 1. The van der Waals surface area contributed by atoms with E-state index < -0.39 is 5.82 Å². The van der Waals surface area contributed by atoms with Crippen LogP contribution in [0.2, 0.25) is 5.02 Å². The van der Waals surface area contributed by atoms with Crippen LogP contribution >= 0.6 is 11.6 Å². The molecule has 0 saturated carbocycles. The van der Waals surface area contributed by atoms with Crippen LogP contribution in [0.15, 0.2) is 18.2 Å². The summed E-state index contributed by atoms with van der Waals surface area (Å²) in [5, 5.41) is 0.304. The van der Waals surface area contributed by atoms with Crippen molar-refractivity contribution >= 4 is 17.4 Å². The Morgan fingerprint density at radius 3 is 2.63 bits per heavy atom. The van der Waals surface area contributed by atoms with Gasteiger partial charge in [-0.25, -0.2) is 20.2 Å². The van der Waals surface area contributed by atoms with Crippen molar-refractivity contribution in [2.75, 3.05) is 5.43 Å². The molecule has 1 heterocycles. The van der Waals surface area contributed by atoms with Crippen LogP contribution in [-0.4, -0.2) is 9.97 Å². The summed E-state index contributed by atoms with van der Waals surface area (Å²) in [7, 11) is 0. The molecule has 4 nitrogen and oxygen atoms in total. The lowest BCUT2D eigenvalue weighted by molar-refractivity contribution is 0.628. The highest BCUT2D eigenvalue weighted by molar-refractivity contribution is 6.30. The van der Waals surface area contributed by atoms with E-state index in [4.69, 9.17) is 17.4 Å². The van der Waals surface area contributed by atoms with Crippen LogP contribution in [0.25, 0.3) is 11.4 Å². The van der Waals surface area contributed by atoms with Gasteiger partial charge in [0.05, 0.1) is 0 Å². The number of rotatable bonds is 3. The SMILES string of the molecule is CCc1c(C)nc(-c2cc(F)cc(Cl)c2)nc1NN. The number of nitrogens with zero attached hydrogens (tertiary/aromatic N) is 2. The van der Waals surface area contributed by atoms with Gasteiger partial charge in [-0.15, -0.1) is 0 Å². The number of halogens is 2. The van der Waals surface area contributed by atoms with Crippen LogP contribution in [0.1, 0.15) is 18.2 Å². The summed E-state index contributed by atoms with van der Waals surface area (Å²) in [5.41, 5.74) is 4.81. The van der Waals surface area contributed by atoms with Gasteiger partial charge >= 0.3 is 0 Å². The zero-order chi connectivity index (χ0) is 14.0. The molecular weight excluding hydrogens is 267 g/mol. The quantitative estimate of drug-likeness (QED) is 0.670. The highest BCUT2D eigenvalue weighted by atomic mass is 35.5. The summed E-state index contributed by atoms with van der Waals surface area (Å²) in [6.07, 6.45) is 0.759. The number of hydrazine groups is 1. The lowest BCUT2D eigenvalue weighted by Crippen LogP contribution is -2.13. The average molecular weight is 281 g/mol. The molecule has 1 aromatic carbocycles. The average Bonchev–Trinajstić information content (AvgIpc) is 2.36. The maximum Gasteiger partial charge on any atom is 0.161 e. The fraction of sp³-hybridized carbons (Fsp3) is 0.231. The first-order valence-corrected chi connectivity index (χ1v) is 6.23. The second-order valence-corrected chi connectivity index (χ2v) is 4.55. The Hall–Kier alpha value is -1.72. The van der Waals surface area contributed by atoms with E-state index in [1.807, 2.05) is 13.8 Å². The van der Waals surface area contributed by atoms with Gasteiger partial charge in [-0.3, -0.25) is 0 Å². The van der Waals surface area contributed by atoms with E-state index in [2.05, 4.69) is 15.4 Å². The molecule has 6 heteroatoms. The van der Waals surface area contributed by atoms with Crippen molar-refractivity contribution in [2.24, 2.45) is 5.84 Å². The third-order valence-corrected chi connectivity index (χ3v) is 3.04. The number of hydrogen-bond acceptors (Lipinski definition) is 4. The molecule has 3 N–H and O–H groups in total. The van der Waals surface area contributed by atoms with Crippen LogP contribution in [-0.2, 0) is 6.42 Å². The molecule has 0 amide bonds. The number of aromatic nitrogens is 2. The highest BCUT2D eigenvalue weighted by Gasteiger charge is 2.12. The van der Waals surface area contributed by atoms with Crippen LogP contribution < -0.4 is 11.3 Å². The van der Waals surface area contributed by atoms with Crippen LogP contribution in [0.4, 0.5) is 10.2 Å². The zero-order valence-electron chi connectivity index (χ0n) is 10.7. The minimum absolute atomic E-state index is 0.304. The molecule has 0 spiro atoms. The first-order valence-electron chi connectivity index (χ1n) is 5.85. The van der Waals surface area contributed by atoms with E-state index in [1.54, 1.807) is 6.07 Å². The fourth-order valence-electron chi connectivity index (χ4n) is 1.95. The van der Waals surface area contributed by atoms with Crippen molar-refractivity contribution in [1.82, 2.24) is 9.97 Å². The molecular formula is C13H14ClFN4. The molecule has 0 aliphatic rings. The van der Waals surface area contributed by atoms with Crippen molar-refractivity contribution in [3.05, 3.63) is 40.3 Å². The van der Waals surface area contributed by atoms with Crippen molar-refractivity contribution in [1.29, 1.82) is 0 Å². The summed E-state index contributed by atoms with van der Waals surface area (Å²) in [5.74, 6) is 5.98. The number of benzene rings is 1. The maximum atomic E-state index is 13.4. The number of anilines is 1. The number of nitrogen functional groups attached to an aromatic ring is 1. The van der Waals surface area contributed by atoms with Gasteiger partial charge in [0.15, 0.2) is 5.82 Å². The van der Waals surface area contributed by atoms with E-state index in [0.29, 0.717) is 22.2 Å². The third kappa shape index (κ3) is 2.83. The summed E-state index contributed by atoms with van der Waals surface area (Å²) in [6.45, 7) is 3.86. The van der Waals surface area contributed by atoms with Gasteiger partial charge in [0.2, 0.25) is 0 Å². The van der Waals surface area contributed by atoms with Crippen molar-refractivity contribution < 1.29 is 4.39 Å². The topological polar surface area (TPSA) is 63.8 Å². The van der Waals surface area contributed by atoms with Crippen molar-refractivity contribution in [3.63, 3.8) is 0 Å². The minimum Gasteiger partial charge on any atom is -0.308 e. The first-order chi connectivity index (χ1) is 9.05. The van der Waals surface area contributed by atoms with E-state index in [0.717, 1.165) is 17.7 Å². The lowest BCUT2D eigenvalue weighted by Gasteiger charge is -2.11. The predicted molar refractivity (Wildman–Crippen MR) is 74.4 cm³/mol. The molecule has 2 rings (SSSR count). The molecule has 0 atom stereocenters. The predicted octanol–water partition coefficient (Wildman–Crippen LogP) is 3.09. The minimum atomic E-state index is -0.425. The molecule has 100 valence electrons. The van der Waals surface area contributed by atoms with E-state index in [1.165, 1.54) is 12.1 Å².